The summed E-state index contributed by atoms with van der Waals surface area (Å²) in [4.78, 5) is 26.9. The third kappa shape index (κ3) is 3.34. The van der Waals surface area contributed by atoms with Crippen LogP contribution in [-0.2, 0) is 14.3 Å². The summed E-state index contributed by atoms with van der Waals surface area (Å²) < 4.78 is 21.7. The van der Waals surface area contributed by atoms with Gasteiger partial charge in [-0.1, -0.05) is 13.8 Å². The molecule has 0 spiro atoms. The van der Waals surface area contributed by atoms with Gasteiger partial charge in [0.05, 0.1) is 26.9 Å². The fourth-order valence-electron chi connectivity index (χ4n) is 3.57. The van der Waals surface area contributed by atoms with E-state index >= 15 is 0 Å². The standard InChI is InChI=1S/C20H25NO6/c1-11(2)8-14(20(23)26-5)21-10-12-9-13-15(24-3)6-7-16(25-4)18(13)27-17(12)19(21)22/h6-7,9,11,14,17H,8,10H2,1-5H3. The van der Waals surface area contributed by atoms with Crippen molar-refractivity contribution in [1.82, 2.24) is 4.90 Å². The minimum atomic E-state index is -0.766. The first kappa shape index (κ1) is 19.1. The molecule has 0 N–H and O–H groups in total. The number of methoxy groups -OCH3 is 3. The number of carbonyl (C=O) groups excluding carboxylic acids is 2. The molecule has 0 bridgehead atoms. The Labute approximate surface area is 158 Å². The number of likely N-dealkylation sites (tertiary alicyclic amines) is 1. The van der Waals surface area contributed by atoms with Gasteiger partial charge in [0.1, 0.15) is 11.8 Å². The smallest absolute Gasteiger partial charge is 0.328 e. The summed E-state index contributed by atoms with van der Waals surface area (Å²) in [6, 6.07) is 2.90. The molecule has 2 aliphatic rings. The molecule has 1 amide bonds. The molecule has 146 valence electrons. The summed E-state index contributed by atoms with van der Waals surface area (Å²) in [5.41, 5.74) is 1.52. The van der Waals surface area contributed by atoms with Crippen LogP contribution in [-0.4, -0.2) is 56.8 Å². The largest absolute Gasteiger partial charge is 0.496 e. The van der Waals surface area contributed by atoms with Crippen molar-refractivity contribution in [3.63, 3.8) is 0 Å². The topological polar surface area (TPSA) is 74.3 Å². The predicted molar refractivity (Wildman–Crippen MR) is 98.9 cm³/mol. The van der Waals surface area contributed by atoms with Crippen molar-refractivity contribution in [3.05, 3.63) is 23.3 Å². The van der Waals surface area contributed by atoms with Gasteiger partial charge in [-0.15, -0.1) is 0 Å². The number of carbonyl (C=O) groups is 2. The summed E-state index contributed by atoms with van der Waals surface area (Å²) in [6.07, 6.45) is 1.66. The maximum atomic E-state index is 13.0. The molecule has 1 aromatic carbocycles. The lowest BCUT2D eigenvalue weighted by Crippen LogP contribution is -2.45. The van der Waals surface area contributed by atoms with Crippen molar-refractivity contribution in [2.24, 2.45) is 5.92 Å². The zero-order chi connectivity index (χ0) is 19.7. The quantitative estimate of drug-likeness (QED) is 0.710. The second-order valence-electron chi connectivity index (χ2n) is 7.06. The van der Waals surface area contributed by atoms with Crippen LogP contribution in [0.15, 0.2) is 17.7 Å². The van der Waals surface area contributed by atoms with E-state index in [2.05, 4.69) is 0 Å². The molecule has 2 aliphatic heterocycles. The number of rotatable bonds is 6. The van der Waals surface area contributed by atoms with E-state index in [1.807, 2.05) is 19.9 Å². The van der Waals surface area contributed by atoms with Crippen molar-refractivity contribution >= 4 is 18.0 Å². The zero-order valence-electron chi connectivity index (χ0n) is 16.3. The lowest BCUT2D eigenvalue weighted by Gasteiger charge is -2.27. The zero-order valence-corrected chi connectivity index (χ0v) is 16.3. The van der Waals surface area contributed by atoms with Crippen LogP contribution in [0.5, 0.6) is 17.2 Å². The first-order valence-electron chi connectivity index (χ1n) is 8.91. The van der Waals surface area contributed by atoms with E-state index in [4.69, 9.17) is 18.9 Å². The SMILES string of the molecule is COC(=O)C(CC(C)C)N1CC2=Cc3c(OC)ccc(OC)c3OC2C1=O. The molecule has 0 aliphatic carbocycles. The number of fused-ring (bicyclic) bond motifs is 2. The molecule has 1 aromatic rings. The molecular weight excluding hydrogens is 350 g/mol. The molecule has 1 saturated heterocycles. The van der Waals surface area contributed by atoms with Gasteiger partial charge < -0.3 is 23.8 Å². The van der Waals surface area contributed by atoms with Crippen LogP contribution in [0.25, 0.3) is 6.08 Å². The summed E-state index contributed by atoms with van der Waals surface area (Å²) in [5, 5.41) is 0. The number of esters is 1. The number of hydrogen-bond acceptors (Lipinski definition) is 6. The van der Waals surface area contributed by atoms with Crippen LogP contribution in [0.2, 0.25) is 0 Å². The average Bonchev–Trinajstić information content (AvgIpc) is 2.98. The fraction of sp³-hybridized carbons (Fsp3) is 0.500. The highest BCUT2D eigenvalue weighted by Gasteiger charge is 2.46. The van der Waals surface area contributed by atoms with Gasteiger partial charge in [0, 0.05) is 6.54 Å². The van der Waals surface area contributed by atoms with E-state index in [1.165, 1.54) is 7.11 Å². The van der Waals surface area contributed by atoms with Gasteiger partial charge in [0.25, 0.3) is 5.91 Å². The molecule has 3 rings (SSSR count). The summed E-state index contributed by atoms with van der Waals surface area (Å²) in [7, 11) is 4.46. The second kappa shape index (κ2) is 7.50. The van der Waals surface area contributed by atoms with Gasteiger partial charge in [-0.05, 0) is 36.1 Å². The summed E-state index contributed by atoms with van der Waals surface area (Å²) in [5.74, 6) is 1.21. The predicted octanol–water partition coefficient (Wildman–Crippen LogP) is 2.28. The minimum Gasteiger partial charge on any atom is -0.496 e. The van der Waals surface area contributed by atoms with E-state index in [1.54, 1.807) is 31.3 Å². The number of nitrogens with zero attached hydrogens (tertiary/aromatic N) is 1. The van der Waals surface area contributed by atoms with Gasteiger partial charge >= 0.3 is 5.97 Å². The van der Waals surface area contributed by atoms with E-state index < -0.39 is 18.1 Å². The Kier molecular flexibility index (Phi) is 5.30. The van der Waals surface area contributed by atoms with Gasteiger partial charge in [-0.3, -0.25) is 4.79 Å². The Morgan fingerprint density at radius 2 is 1.89 bits per heavy atom. The van der Waals surface area contributed by atoms with E-state index in [9.17, 15) is 9.59 Å². The van der Waals surface area contributed by atoms with E-state index in [-0.39, 0.29) is 11.8 Å². The molecular formula is C20H25NO6. The molecule has 27 heavy (non-hydrogen) atoms. The molecule has 7 heteroatoms. The Hall–Kier alpha value is -2.70. The Morgan fingerprint density at radius 1 is 1.22 bits per heavy atom. The molecule has 2 unspecified atom stereocenters. The molecule has 0 saturated carbocycles. The molecule has 2 heterocycles. The van der Waals surface area contributed by atoms with Crippen LogP contribution in [0, 0.1) is 5.92 Å². The lowest BCUT2D eigenvalue weighted by molar-refractivity contribution is -0.153. The van der Waals surface area contributed by atoms with Crippen LogP contribution in [0.4, 0.5) is 0 Å². The highest BCUT2D eigenvalue weighted by atomic mass is 16.5. The second-order valence-corrected chi connectivity index (χ2v) is 7.06. The highest BCUT2D eigenvalue weighted by Crippen LogP contribution is 2.45. The van der Waals surface area contributed by atoms with Gasteiger partial charge in [0.15, 0.2) is 11.5 Å². The Bertz CT molecular complexity index is 785. The number of ether oxygens (including phenoxy) is 4. The molecule has 7 nitrogen and oxygen atoms in total. The Morgan fingerprint density at radius 3 is 2.48 bits per heavy atom. The highest BCUT2D eigenvalue weighted by molar-refractivity contribution is 5.95. The van der Waals surface area contributed by atoms with Gasteiger partial charge in [-0.2, -0.15) is 0 Å². The van der Waals surface area contributed by atoms with Gasteiger partial charge in [0.2, 0.25) is 6.10 Å². The van der Waals surface area contributed by atoms with Crippen LogP contribution in [0.1, 0.15) is 25.8 Å². The first-order valence-corrected chi connectivity index (χ1v) is 8.91. The van der Waals surface area contributed by atoms with Crippen molar-refractivity contribution in [2.75, 3.05) is 27.9 Å². The monoisotopic (exact) mass is 375 g/mol. The third-order valence-corrected chi connectivity index (χ3v) is 4.87. The first-order chi connectivity index (χ1) is 12.9. The third-order valence-electron chi connectivity index (χ3n) is 4.87. The van der Waals surface area contributed by atoms with Crippen molar-refractivity contribution in [1.29, 1.82) is 0 Å². The maximum Gasteiger partial charge on any atom is 0.328 e. The van der Waals surface area contributed by atoms with Crippen molar-refractivity contribution in [2.45, 2.75) is 32.4 Å². The van der Waals surface area contributed by atoms with Crippen LogP contribution in [0.3, 0.4) is 0 Å². The summed E-state index contributed by atoms with van der Waals surface area (Å²) in [6.45, 7) is 4.32. The van der Waals surface area contributed by atoms with Crippen LogP contribution < -0.4 is 14.2 Å². The number of hydrogen-bond donors (Lipinski definition) is 0. The van der Waals surface area contributed by atoms with Crippen LogP contribution >= 0.6 is 0 Å². The molecule has 1 fully saturated rings. The maximum absolute atomic E-state index is 13.0. The molecule has 0 aromatic heterocycles. The number of benzene rings is 1. The number of amides is 1. The lowest BCUT2D eigenvalue weighted by atomic mass is 10.0. The molecule has 2 atom stereocenters. The fourth-order valence-corrected chi connectivity index (χ4v) is 3.57. The summed E-state index contributed by atoms with van der Waals surface area (Å²) >= 11 is 0. The van der Waals surface area contributed by atoms with E-state index in [0.717, 1.165) is 11.1 Å². The average molecular weight is 375 g/mol. The normalized spacial score (nSPS) is 19.0. The Balaban J connectivity index is 1.97. The van der Waals surface area contributed by atoms with E-state index in [0.29, 0.717) is 30.2 Å². The minimum absolute atomic E-state index is 0.233. The van der Waals surface area contributed by atoms with Crippen molar-refractivity contribution < 1.29 is 28.5 Å². The molecule has 0 radical (unpaired) electrons. The van der Waals surface area contributed by atoms with Gasteiger partial charge in [-0.25, -0.2) is 4.79 Å². The van der Waals surface area contributed by atoms with Crippen molar-refractivity contribution in [3.8, 4) is 17.2 Å².